The highest BCUT2D eigenvalue weighted by Crippen LogP contribution is 2.60. The molecule has 7 nitrogen and oxygen atoms in total. The molecule has 0 spiro atoms. The van der Waals surface area contributed by atoms with Crippen molar-refractivity contribution in [2.75, 3.05) is 17.1 Å². The number of sulfonamides is 1. The van der Waals surface area contributed by atoms with Crippen LogP contribution in [0, 0.1) is 17.8 Å². The SMILES string of the molecule is CC[C@@H](C)NC(=O)[C@@H](CC)N(Cc1ccccc1Cl)C(=O)CN(c1ccc(C23CC4CC(CC(C4)C2)C3)cc1)S(C)(=O)=O. The maximum Gasteiger partial charge on any atom is 0.244 e. The van der Waals surface area contributed by atoms with Crippen LogP contribution in [0.25, 0.3) is 0 Å². The van der Waals surface area contributed by atoms with Crippen LogP contribution in [0.1, 0.15) is 83.3 Å². The quantitative estimate of drug-likeness (QED) is 0.299. The van der Waals surface area contributed by atoms with E-state index in [2.05, 4.69) is 17.4 Å². The minimum atomic E-state index is -3.80. The summed E-state index contributed by atoms with van der Waals surface area (Å²) in [5.41, 5.74) is 2.64. The van der Waals surface area contributed by atoms with Gasteiger partial charge in [-0.3, -0.25) is 13.9 Å². The van der Waals surface area contributed by atoms with Gasteiger partial charge < -0.3 is 10.2 Å². The van der Waals surface area contributed by atoms with Crippen LogP contribution < -0.4 is 9.62 Å². The number of nitrogens with one attached hydrogen (secondary N) is 1. The van der Waals surface area contributed by atoms with Crippen LogP contribution >= 0.6 is 11.6 Å². The first-order valence-corrected chi connectivity index (χ1v) is 18.1. The van der Waals surface area contributed by atoms with Crippen molar-refractivity contribution in [3.05, 3.63) is 64.7 Å². The molecule has 6 rings (SSSR count). The predicted molar refractivity (Wildman–Crippen MR) is 172 cm³/mol. The smallest absolute Gasteiger partial charge is 0.244 e. The Morgan fingerprint density at radius 2 is 1.53 bits per heavy atom. The van der Waals surface area contributed by atoms with Crippen molar-refractivity contribution in [2.24, 2.45) is 17.8 Å². The van der Waals surface area contributed by atoms with E-state index in [0.29, 0.717) is 22.7 Å². The van der Waals surface area contributed by atoms with Crippen LogP contribution in [0.4, 0.5) is 5.69 Å². The van der Waals surface area contributed by atoms with Crippen molar-refractivity contribution < 1.29 is 18.0 Å². The molecule has 1 N–H and O–H groups in total. The Kier molecular flexibility index (Phi) is 9.48. The van der Waals surface area contributed by atoms with E-state index in [4.69, 9.17) is 11.6 Å². The van der Waals surface area contributed by atoms with Crippen LogP contribution in [0.2, 0.25) is 5.02 Å². The standard InChI is InChI=1S/C34H46ClN3O4S/c1-5-23(3)36-33(40)31(6-2)37(21-27-9-7-8-10-30(27)35)32(39)22-38(43(4,41)42)29-13-11-28(12-14-29)34-18-24-15-25(19-34)17-26(16-24)20-34/h7-14,23-26,31H,5-6,15-22H2,1-4H3,(H,36,40)/t23-,24?,25?,26?,31-,34?/m1/s1. The molecular weight excluding hydrogens is 582 g/mol. The summed E-state index contributed by atoms with van der Waals surface area (Å²) in [6.45, 7) is 5.44. The van der Waals surface area contributed by atoms with E-state index in [-0.39, 0.29) is 23.9 Å². The summed E-state index contributed by atoms with van der Waals surface area (Å²) < 4.78 is 27.4. The van der Waals surface area contributed by atoms with Gasteiger partial charge in [0.2, 0.25) is 21.8 Å². The van der Waals surface area contributed by atoms with E-state index in [1.807, 2.05) is 51.1 Å². The van der Waals surface area contributed by atoms with Crippen LogP contribution in [-0.4, -0.2) is 50.0 Å². The molecule has 0 radical (unpaired) electrons. The van der Waals surface area contributed by atoms with Crippen molar-refractivity contribution in [1.29, 1.82) is 0 Å². The van der Waals surface area contributed by atoms with Gasteiger partial charge in [0.1, 0.15) is 12.6 Å². The maximum atomic E-state index is 14.0. The lowest BCUT2D eigenvalue weighted by molar-refractivity contribution is -0.140. The molecule has 43 heavy (non-hydrogen) atoms. The topological polar surface area (TPSA) is 86.8 Å². The van der Waals surface area contributed by atoms with Gasteiger partial charge in [0, 0.05) is 17.6 Å². The summed E-state index contributed by atoms with van der Waals surface area (Å²) in [7, 11) is -3.80. The van der Waals surface area contributed by atoms with Gasteiger partial charge in [-0.15, -0.1) is 0 Å². The normalized spacial score (nSPS) is 25.7. The molecule has 4 fully saturated rings. The van der Waals surface area contributed by atoms with Crippen molar-refractivity contribution in [1.82, 2.24) is 10.2 Å². The largest absolute Gasteiger partial charge is 0.352 e. The molecule has 2 atom stereocenters. The highest BCUT2D eigenvalue weighted by Gasteiger charge is 2.51. The van der Waals surface area contributed by atoms with Crippen molar-refractivity contribution >= 4 is 39.1 Å². The number of hydrogen-bond donors (Lipinski definition) is 1. The molecule has 9 heteroatoms. The van der Waals surface area contributed by atoms with Crippen LogP contribution in [0.15, 0.2) is 48.5 Å². The number of amides is 2. The Bertz CT molecular complexity index is 1390. The molecule has 4 aliphatic rings. The molecule has 2 aromatic rings. The minimum Gasteiger partial charge on any atom is -0.352 e. The fourth-order valence-corrected chi connectivity index (χ4v) is 9.28. The molecule has 0 saturated heterocycles. The van der Waals surface area contributed by atoms with Crippen molar-refractivity contribution in [3.63, 3.8) is 0 Å². The van der Waals surface area contributed by atoms with E-state index in [1.54, 1.807) is 6.07 Å². The first-order chi connectivity index (χ1) is 20.4. The molecule has 0 unspecified atom stereocenters. The fourth-order valence-electron chi connectivity index (χ4n) is 8.23. The second-order valence-corrected chi connectivity index (χ2v) is 15.7. The average molecular weight is 628 g/mol. The monoisotopic (exact) mass is 627 g/mol. The summed E-state index contributed by atoms with van der Waals surface area (Å²) in [4.78, 5) is 28.9. The summed E-state index contributed by atoms with van der Waals surface area (Å²) in [6.07, 6.45) is 10.0. The number of rotatable bonds is 12. The summed E-state index contributed by atoms with van der Waals surface area (Å²) in [6, 6.07) is 14.2. The molecule has 4 bridgehead atoms. The third kappa shape index (κ3) is 6.90. The van der Waals surface area contributed by atoms with Gasteiger partial charge in [-0.25, -0.2) is 8.42 Å². The lowest BCUT2D eigenvalue weighted by atomic mass is 9.48. The predicted octanol–water partition coefficient (Wildman–Crippen LogP) is 6.30. The van der Waals surface area contributed by atoms with Crippen molar-refractivity contribution in [3.8, 4) is 0 Å². The Balaban J connectivity index is 1.41. The van der Waals surface area contributed by atoms with Crippen molar-refractivity contribution in [2.45, 2.75) is 96.2 Å². The van der Waals surface area contributed by atoms with Gasteiger partial charge in [0.25, 0.3) is 0 Å². The third-order valence-electron chi connectivity index (χ3n) is 10.2. The number of halogens is 1. The number of anilines is 1. The average Bonchev–Trinajstić information content (AvgIpc) is 2.95. The zero-order chi connectivity index (χ0) is 30.9. The van der Waals surface area contributed by atoms with E-state index < -0.39 is 28.5 Å². The Hall–Kier alpha value is -2.58. The second kappa shape index (κ2) is 12.8. The molecule has 2 amide bonds. The number of carbonyl (C=O) groups is 2. The van der Waals surface area contributed by atoms with Gasteiger partial charge in [0.15, 0.2) is 0 Å². The first-order valence-electron chi connectivity index (χ1n) is 15.8. The van der Waals surface area contributed by atoms with E-state index in [9.17, 15) is 18.0 Å². The summed E-state index contributed by atoms with van der Waals surface area (Å²) in [5.74, 6) is 1.71. The molecule has 2 aromatic carbocycles. The summed E-state index contributed by atoms with van der Waals surface area (Å²) in [5, 5.41) is 3.48. The number of carbonyl (C=O) groups excluding carboxylic acids is 2. The number of benzene rings is 2. The lowest BCUT2D eigenvalue weighted by Gasteiger charge is -2.57. The molecular formula is C34H46ClN3O4S. The van der Waals surface area contributed by atoms with Crippen LogP contribution in [-0.2, 0) is 31.6 Å². The fraction of sp³-hybridized carbons (Fsp3) is 0.588. The molecule has 234 valence electrons. The van der Waals surface area contributed by atoms with Gasteiger partial charge >= 0.3 is 0 Å². The van der Waals surface area contributed by atoms with E-state index >= 15 is 0 Å². The molecule has 0 heterocycles. The highest BCUT2D eigenvalue weighted by molar-refractivity contribution is 7.92. The van der Waals surface area contributed by atoms with Crippen LogP contribution in [0.5, 0.6) is 0 Å². The third-order valence-corrected chi connectivity index (χ3v) is 11.7. The zero-order valence-electron chi connectivity index (χ0n) is 25.9. The minimum absolute atomic E-state index is 0.0566. The summed E-state index contributed by atoms with van der Waals surface area (Å²) >= 11 is 6.46. The first kappa shape index (κ1) is 31.8. The molecule has 4 aliphatic carbocycles. The highest BCUT2D eigenvalue weighted by atomic mass is 35.5. The lowest BCUT2D eigenvalue weighted by Crippen LogP contribution is -2.53. The van der Waals surface area contributed by atoms with E-state index in [0.717, 1.165) is 34.7 Å². The Labute approximate surface area is 262 Å². The molecule has 0 aliphatic heterocycles. The number of nitrogens with zero attached hydrogens (tertiary/aromatic N) is 2. The van der Waals surface area contributed by atoms with Gasteiger partial charge in [-0.2, -0.15) is 0 Å². The van der Waals surface area contributed by atoms with Gasteiger partial charge in [-0.05, 0) is 111 Å². The van der Waals surface area contributed by atoms with Gasteiger partial charge in [0.05, 0.1) is 11.9 Å². The Morgan fingerprint density at radius 3 is 2.05 bits per heavy atom. The van der Waals surface area contributed by atoms with Crippen LogP contribution in [0.3, 0.4) is 0 Å². The molecule has 4 saturated carbocycles. The maximum absolute atomic E-state index is 14.0. The zero-order valence-corrected chi connectivity index (χ0v) is 27.5. The number of hydrogen-bond acceptors (Lipinski definition) is 4. The van der Waals surface area contributed by atoms with E-state index in [1.165, 1.54) is 49.0 Å². The van der Waals surface area contributed by atoms with Gasteiger partial charge in [-0.1, -0.05) is 55.8 Å². The Morgan fingerprint density at radius 1 is 0.953 bits per heavy atom. The second-order valence-electron chi connectivity index (χ2n) is 13.4. The molecule has 0 aromatic heterocycles.